The number of rotatable bonds is 4. The van der Waals surface area contributed by atoms with Gasteiger partial charge in [0.1, 0.15) is 5.37 Å². The highest BCUT2D eigenvalue weighted by Crippen LogP contribution is 2.31. The molecular weight excluding hydrogens is 336 g/mol. The van der Waals surface area contributed by atoms with Crippen LogP contribution in [0, 0.1) is 10.1 Å². The molecule has 0 aliphatic carbocycles. The highest BCUT2D eigenvalue weighted by atomic mass is 35.5. The second-order valence-corrected chi connectivity index (χ2v) is 8.38. The fourth-order valence-electron chi connectivity index (χ4n) is 2.27. The molecule has 1 aliphatic heterocycles. The zero-order chi connectivity index (χ0) is 15.6. The molecule has 1 unspecified atom stereocenters. The number of anilines is 1. The maximum atomic E-state index is 11.9. The van der Waals surface area contributed by atoms with Gasteiger partial charge in [-0.3, -0.25) is 10.1 Å². The Morgan fingerprint density at radius 3 is 2.81 bits per heavy atom. The van der Waals surface area contributed by atoms with Crippen molar-refractivity contribution in [2.45, 2.75) is 11.3 Å². The van der Waals surface area contributed by atoms with Crippen molar-refractivity contribution in [2.24, 2.45) is 0 Å². The Balaban J connectivity index is 2.42. The van der Waals surface area contributed by atoms with Crippen LogP contribution in [0.3, 0.4) is 0 Å². The van der Waals surface area contributed by atoms with Gasteiger partial charge in [0, 0.05) is 41.6 Å². The van der Waals surface area contributed by atoms with E-state index in [2.05, 4.69) is 0 Å². The molecule has 2 rings (SSSR count). The molecule has 6 nitrogen and oxygen atoms in total. The molecule has 9 heteroatoms. The summed E-state index contributed by atoms with van der Waals surface area (Å²) in [6, 6.07) is 4.58. The number of nitro benzene ring substituents is 1. The lowest BCUT2D eigenvalue weighted by Crippen LogP contribution is -2.47. The topological polar surface area (TPSA) is 80.5 Å². The lowest BCUT2D eigenvalue weighted by Gasteiger charge is -2.36. The lowest BCUT2D eigenvalue weighted by atomic mass is 10.1. The van der Waals surface area contributed by atoms with Crippen LogP contribution in [0.1, 0.15) is 5.56 Å². The summed E-state index contributed by atoms with van der Waals surface area (Å²) >= 11 is 7.36. The molecule has 116 valence electrons. The van der Waals surface area contributed by atoms with Gasteiger partial charge in [0.15, 0.2) is 9.84 Å². The predicted molar refractivity (Wildman–Crippen MR) is 86.0 cm³/mol. The Kier molecular flexibility index (Phi) is 5.00. The van der Waals surface area contributed by atoms with Crippen molar-refractivity contribution in [3.05, 3.63) is 33.9 Å². The Bertz CT molecular complexity index is 651. The number of nitro groups is 1. The van der Waals surface area contributed by atoms with Gasteiger partial charge in [-0.2, -0.15) is 11.8 Å². The summed E-state index contributed by atoms with van der Waals surface area (Å²) in [5.41, 5.74) is 1.01. The van der Waals surface area contributed by atoms with Crippen LogP contribution < -0.4 is 4.90 Å². The third kappa shape index (κ3) is 3.61. The zero-order valence-corrected chi connectivity index (χ0v) is 13.7. The van der Waals surface area contributed by atoms with E-state index in [9.17, 15) is 18.5 Å². The monoisotopic (exact) mass is 350 g/mol. The van der Waals surface area contributed by atoms with Gasteiger partial charge in [-0.25, -0.2) is 8.42 Å². The molecule has 1 aromatic carbocycles. The first kappa shape index (κ1) is 16.4. The Morgan fingerprint density at radius 2 is 2.24 bits per heavy atom. The molecule has 1 aliphatic rings. The number of thioether (sulfide) groups is 1. The van der Waals surface area contributed by atoms with E-state index in [0.29, 0.717) is 23.5 Å². The zero-order valence-electron chi connectivity index (χ0n) is 11.4. The van der Waals surface area contributed by atoms with Gasteiger partial charge in [0.25, 0.3) is 5.69 Å². The van der Waals surface area contributed by atoms with Crippen LogP contribution in [0.25, 0.3) is 0 Å². The summed E-state index contributed by atoms with van der Waals surface area (Å²) in [5.74, 6) is 1.32. The maximum Gasteiger partial charge on any atom is 0.273 e. The number of benzene rings is 1. The number of sulfone groups is 1. The number of nitrogens with zero attached hydrogens (tertiary/aromatic N) is 2. The SMILES string of the molecule is CS(=O)(=O)C1CSCCN1c1ccc([N+](=O)[O-])c(CCl)c1. The van der Waals surface area contributed by atoms with Gasteiger partial charge >= 0.3 is 0 Å². The van der Waals surface area contributed by atoms with Gasteiger partial charge < -0.3 is 4.90 Å². The van der Waals surface area contributed by atoms with Crippen LogP contribution in [-0.4, -0.2) is 43.0 Å². The minimum absolute atomic E-state index is 0.0102. The molecule has 21 heavy (non-hydrogen) atoms. The van der Waals surface area contributed by atoms with Crippen LogP contribution in [-0.2, 0) is 15.7 Å². The van der Waals surface area contributed by atoms with Gasteiger partial charge in [-0.15, -0.1) is 11.6 Å². The van der Waals surface area contributed by atoms with Crippen molar-refractivity contribution in [2.75, 3.05) is 29.2 Å². The van der Waals surface area contributed by atoms with Crippen LogP contribution in [0.15, 0.2) is 18.2 Å². The number of hydrogen-bond donors (Lipinski definition) is 0. The molecule has 1 fully saturated rings. The molecule has 0 radical (unpaired) electrons. The summed E-state index contributed by atoms with van der Waals surface area (Å²) in [4.78, 5) is 12.2. The normalized spacial score (nSPS) is 19.5. The fourth-order valence-corrected chi connectivity index (χ4v) is 5.32. The number of halogens is 1. The highest BCUT2D eigenvalue weighted by molar-refractivity contribution is 8.01. The summed E-state index contributed by atoms with van der Waals surface area (Å²) < 4.78 is 23.8. The largest absolute Gasteiger partial charge is 0.353 e. The van der Waals surface area contributed by atoms with Crippen LogP contribution in [0.5, 0.6) is 0 Å². The van der Waals surface area contributed by atoms with E-state index < -0.39 is 20.1 Å². The van der Waals surface area contributed by atoms with E-state index in [-0.39, 0.29) is 11.6 Å². The minimum Gasteiger partial charge on any atom is -0.353 e. The second-order valence-electron chi connectivity index (χ2n) is 4.76. The highest BCUT2D eigenvalue weighted by Gasteiger charge is 2.31. The molecule has 0 saturated carbocycles. The Morgan fingerprint density at radius 1 is 1.52 bits per heavy atom. The first-order valence-electron chi connectivity index (χ1n) is 6.21. The molecule has 0 aromatic heterocycles. The molecule has 0 bridgehead atoms. The summed E-state index contributed by atoms with van der Waals surface area (Å²) in [5, 5.41) is 10.3. The van der Waals surface area contributed by atoms with Gasteiger partial charge in [-0.05, 0) is 12.1 Å². The van der Waals surface area contributed by atoms with E-state index in [1.165, 1.54) is 12.3 Å². The van der Waals surface area contributed by atoms with Crippen molar-refractivity contribution in [3.8, 4) is 0 Å². The van der Waals surface area contributed by atoms with E-state index >= 15 is 0 Å². The predicted octanol–water partition coefficient (Wildman–Crippen LogP) is 2.26. The smallest absolute Gasteiger partial charge is 0.273 e. The molecule has 1 atom stereocenters. The minimum atomic E-state index is -3.23. The van der Waals surface area contributed by atoms with Gasteiger partial charge in [0.2, 0.25) is 0 Å². The first-order valence-corrected chi connectivity index (χ1v) is 9.85. The summed E-state index contributed by atoms with van der Waals surface area (Å²) in [6.45, 7) is 0.585. The summed E-state index contributed by atoms with van der Waals surface area (Å²) in [6.07, 6.45) is 1.21. The van der Waals surface area contributed by atoms with Crippen molar-refractivity contribution < 1.29 is 13.3 Å². The quantitative estimate of drug-likeness (QED) is 0.470. The van der Waals surface area contributed by atoms with Crippen LogP contribution in [0.4, 0.5) is 11.4 Å². The lowest BCUT2D eigenvalue weighted by molar-refractivity contribution is -0.385. The summed E-state index contributed by atoms with van der Waals surface area (Å²) in [7, 11) is -3.23. The van der Waals surface area contributed by atoms with E-state index in [1.807, 2.05) is 0 Å². The Labute approximate surface area is 132 Å². The molecule has 1 aromatic rings. The third-order valence-corrected chi connectivity index (χ3v) is 6.25. The molecule has 0 N–H and O–H groups in total. The average Bonchev–Trinajstić information content (AvgIpc) is 2.45. The number of alkyl halides is 1. The average molecular weight is 351 g/mol. The molecule has 1 saturated heterocycles. The van der Waals surface area contributed by atoms with Crippen molar-refractivity contribution in [3.63, 3.8) is 0 Å². The van der Waals surface area contributed by atoms with Crippen LogP contribution >= 0.6 is 23.4 Å². The van der Waals surface area contributed by atoms with Crippen molar-refractivity contribution >= 4 is 44.6 Å². The van der Waals surface area contributed by atoms with E-state index in [4.69, 9.17) is 11.6 Å². The van der Waals surface area contributed by atoms with E-state index in [0.717, 1.165) is 5.75 Å². The van der Waals surface area contributed by atoms with Crippen molar-refractivity contribution in [1.29, 1.82) is 0 Å². The van der Waals surface area contributed by atoms with Crippen molar-refractivity contribution in [1.82, 2.24) is 0 Å². The Hall–Kier alpha value is -0.990. The molecule has 0 amide bonds. The van der Waals surface area contributed by atoms with E-state index in [1.54, 1.807) is 28.8 Å². The van der Waals surface area contributed by atoms with Gasteiger partial charge in [-0.1, -0.05) is 0 Å². The second kappa shape index (κ2) is 6.41. The maximum absolute atomic E-state index is 11.9. The molecular formula is C12H15ClN2O4S2. The standard InChI is InChI=1S/C12H15ClN2O4S2/c1-21(18,19)12-8-20-5-4-14(12)10-2-3-11(15(16)17)9(6-10)7-13/h2-3,6,12H,4-5,7-8H2,1H3. The third-order valence-electron chi connectivity index (χ3n) is 3.31. The molecule has 0 spiro atoms. The number of hydrogen-bond acceptors (Lipinski definition) is 6. The fraction of sp³-hybridized carbons (Fsp3) is 0.500. The molecule has 1 heterocycles. The first-order chi connectivity index (χ1) is 9.84. The van der Waals surface area contributed by atoms with Crippen LogP contribution in [0.2, 0.25) is 0 Å². The van der Waals surface area contributed by atoms with Gasteiger partial charge in [0.05, 0.1) is 10.8 Å².